The summed E-state index contributed by atoms with van der Waals surface area (Å²) in [4.78, 5) is 29.6. The standard InChI is InChI=1S/C22H26N2O4.ClH/c25-21-17-7-1-2-8-18(17)22(26)24(21)15-6-5-11-23(12-15)13-16-14-27-19-9-3-4-10-20(19)28-16;/h3-4,9-10,15-16H,1-2,5-8,11-14H2;1H. The van der Waals surface area contributed by atoms with Gasteiger partial charge in [-0.05, 0) is 57.2 Å². The minimum absolute atomic E-state index is 0. The molecular weight excluding hydrogens is 392 g/mol. The van der Waals surface area contributed by atoms with E-state index in [1.807, 2.05) is 24.3 Å². The number of piperidine rings is 1. The monoisotopic (exact) mass is 418 g/mol. The summed E-state index contributed by atoms with van der Waals surface area (Å²) in [6, 6.07) is 7.70. The number of imide groups is 1. The Labute approximate surface area is 177 Å². The van der Waals surface area contributed by atoms with Crippen molar-refractivity contribution in [1.29, 1.82) is 0 Å². The molecule has 2 atom stereocenters. The molecule has 1 aliphatic carbocycles. The van der Waals surface area contributed by atoms with Gasteiger partial charge < -0.3 is 9.47 Å². The average Bonchev–Trinajstić information content (AvgIpc) is 2.99. The molecule has 3 heterocycles. The highest BCUT2D eigenvalue weighted by molar-refractivity contribution is 6.19. The zero-order chi connectivity index (χ0) is 19.1. The number of hydrogen-bond donors (Lipinski definition) is 0. The van der Waals surface area contributed by atoms with Crippen molar-refractivity contribution < 1.29 is 19.1 Å². The molecule has 156 valence electrons. The number of para-hydroxylation sites is 2. The number of amides is 2. The molecule has 3 aliphatic heterocycles. The number of likely N-dealkylation sites (tertiary alicyclic amines) is 1. The lowest BCUT2D eigenvalue weighted by molar-refractivity contribution is -0.141. The molecule has 2 amide bonds. The Morgan fingerprint density at radius 1 is 0.966 bits per heavy atom. The summed E-state index contributed by atoms with van der Waals surface area (Å²) < 4.78 is 11.9. The van der Waals surface area contributed by atoms with Crippen molar-refractivity contribution in [3.63, 3.8) is 0 Å². The number of hydrogen-bond acceptors (Lipinski definition) is 5. The Hall–Kier alpha value is -2.05. The molecule has 7 heteroatoms. The smallest absolute Gasteiger partial charge is 0.257 e. The van der Waals surface area contributed by atoms with Crippen molar-refractivity contribution in [3.8, 4) is 11.5 Å². The lowest BCUT2D eigenvalue weighted by atomic mass is 9.93. The highest BCUT2D eigenvalue weighted by Crippen LogP contribution is 2.36. The van der Waals surface area contributed by atoms with Gasteiger partial charge in [-0.25, -0.2) is 0 Å². The van der Waals surface area contributed by atoms with Crippen LogP contribution in [0.1, 0.15) is 38.5 Å². The molecule has 1 aromatic carbocycles. The summed E-state index contributed by atoms with van der Waals surface area (Å²) in [5.41, 5.74) is 1.57. The maximum absolute atomic E-state index is 12.9. The Morgan fingerprint density at radius 2 is 1.66 bits per heavy atom. The highest BCUT2D eigenvalue weighted by Gasteiger charge is 2.43. The lowest BCUT2D eigenvalue weighted by Gasteiger charge is -2.39. The van der Waals surface area contributed by atoms with Gasteiger partial charge >= 0.3 is 0 Å². The van der Waals surface area contributed by atoms with E-state index in [4.69, 9.17) is 9.47 Å². The lowest BCUT2D eigenvalue weighted by Crippen LogP contribution is -2.53. The third-order valence-corrected chi connectivity index (χ3v) is 6.30. The van der Waals surface area contributed by atoms with Crippen molar-refractivity contribution in [3.05, 3.63) is 35.4 Å². The average molecular weight is 419 g/mol. The first-order valence-electron chi connectivity index (χ1n) is 10.4. The number of carbonyl (C=O) groups is 2. The maximum atomic E-state index is 12.9. The number of nitrogens with zero attached hydrogens (tertiary/aromatic N) is 2. The van der Waals surface area contributed by atoms with Crippen molar-refractivity contribution in [2.45, 2.75) is 50.7 Å². The minimum atomic E-state index is -0.0371. The van der Waals surface area contributed by atoms with Crippen LogP contribution in [0, 0.1) is 0 Å². The van der Waals surface area contributed by atoms with Gasteiger partial charge in [0.15, 0.2) is 11.5 Å². The first-order valence-corrected chi connectivity index (χ1v) is 10.4. The quantitative estimate of drug-likeness (QED) is 0.706. The molecule has 1 fully saturated rings. The van der Waals surface area contributed by atoms with Crippen LogP contribution in [0.15, 0.2) is 35.4 Å². The van der Waals surface area contributed by atoms with Gasteiger partial charge in [0.05, 0.1) is 6.04 Å². The summed E-state index contributed by atoms with van der Waals surface area (Å²) in [7, 11) is 0. The third-order valence-electron chi connectivity index (χ3n) is 6.30. The van der Waals surface area contributed by atoms with E-state index in [1.165, 1.54) is 0 Å². The Balaban J connectivity index is 0.00000205. The first-order chi connectivity index (χ1) is 13.7. The summed E-state index contributed by atoms with van der Waals surface area (Å²) >= 11 is 0. The second-order valence-corrected chi connectivity index (χ2v) is 8.20. The number of fused-ring (bicyclic) bond motifs is 1. The van der Waals surface area contributed by atoms with Crippen LogP contribution in [0.3, 0.4) is 0 Å². The van der Waals surface area contributed by atoms with E-state index >= 15 is 0 Å². The van der Waals surface area contributed by atoms with Crippen LogP contribution in [0.2, 0.25) is 0 Å². The van der Waals surface area contributed by atoms with Crippen LogP contribution in [-0.2, 0) is 9.59 Å². The zero-order valence-electron chi connectivity index (χ0n) is 16.5. The summed E-state index contributed by atoms with van der Waals surface area (Å²) in [6.45, 7) is 2.95. The number of ether oxygens (including phenoxy) is 2. The van der Waals surface area contributed by atoms with E-state index in [1.54, 1.807) is 4.90 Å². The molecule has 6 nitrogen and oxygen atoms in total. The van der Waals surface area contributed by atoms with Gasteiger partial charge in [0.25, 0.3) is 11.8 Å². The first kappa shape index (κ1) is 20.2. The van der Waals surface area contributed by atoms with Gasteiger partial charge in [0.1, 0.15) is 12.7 Å². The van der Waals surface area contributed by atoms with Crippen LogP contribution >= 0.6 is 12.4 Å². The zero-order valence-corrected chi connectivity index (χ0v) is 17.3. The fraction of sp³-hybridized carbons (Fsp3) is 0.545. The fourth-order valence-corrected chi connectivity index (χ4v) is 4.94. The third kappa shape index (κ3) is 3.76. The summed E-state index contributed by atoms with van der Waals surface area (Å²) in [6.07, 6.45) is 5.39. The molecule has 1 saturated heterocycles. The van der Waals surface area contributed by atoms with Crippen LogP contribution in [0.5, 0.6) is 11.5 Å². The van der Waals surface area contributed by atoms with Crippen LogP contribution in [-0.4, -0.2) is 60.0 Å². The van der Waals surface area contributed by atoms with Gasteiger partial charge in [-0.15, -0.1) is 12.4 Å². The molecule has 0 radical (unpaired) electrons. The van der Waals surface area contributed by atoms with Gasteiger partial charge in [-0.3, -0.25) is 19.4 Å². The van der Waals surface area contributed by atoms with E-state index in [2.05, 4.69) is 4.90 Å². The molecule has 0 aromatic heterocycles. The molecule has 0 saturated carbocycles. The number of rotatable bonds is 3. The normalized spacial score (nSPS) is 27.0. The van der Waals surface area contributed by atoms with Gasteiger partial charge in [0.2, 0.25) is 0 Å². The van der Waals surface area contributed by atoms with E-state index in [0.717, 1.165) is 80.8 Å². The summed E-state index contributed by atoms with van der Waals surface area (Å²) in [5.74, 6) is 1.52. The van der Waals surface area contributed by atoms with Crippen molar-refractivity contribution in [1.82, 2.24) is 9.80 Å². The van der Waals surface area contributed by atoms with E-state index in [-0.39, 0.29) is 36.4 Å². The number of benzene rings is 1. The molecule has 0 spiro atoms. The van der Waals surface area contributed by atoms with E-state index in [9.17, 15) is 9.59 Å². The minimum Gasteiger partial charge on any atom is -0.486 e. The van der Waals surface area contributed by atoms with Gasteiger partial charge in [-0.2, -0.15) is 0 Å². The van der Waals surface area contributed by atoms with Crippen LogP contribution in [0.4, 0.5) is 0 Å². The largest absolute Gasteiger partial charge is 0.486 e. The number of carbonyl (C=O) groups excluding carboxylic acids is 2. The predicted octanol–water partition coefficient (Wildman–Crippen LogP) is 2.95. The Kier molecular flexibility index (Phi) is 5.83. The molecule has 5 rings (SSSR count). The van der Waals surface area contributed by atoms with Crippen LogP contribution in [0.25, 0.3) is 0 Å². The topological polar surface area (TPSA) is 59.1 Å². The molecular formula is C22H27ClN2O4. The Bertz CT molecular complexity index is 812. The SMILES string of the molecule is Cl.O=C1C2=C(CCCC2)C(=O)N1C1CCCN(CC2COc3ccccc3O2)C1. The maximum Gasteiger partial charge on any atom is 0.257 e. The van der Waals surface area contributed by atoms with Crippen molar-refractivity contribution in [2.24, 2.45) is 0 Å². The Morgan fingerprint density at radius 3 is 2.38 bits per heavy atom. The van der Waals surface area contributed by atoms with E-state index in [0.29, 0.717) is 6.61 Å². The van der Waals surface area contributed by atoms with Gasteiger partial charge in [-0.1, -0.05) is 12.1 Å². The second kappa shape index (κ2) is 8.36. The highest BCUT2D eigenvalue weighted by atomic mass is 35.5. The molecule has 0 bridgehead atoms. The summed E-state index contributed by atoms with van der Waals surface area (Å²) in [5, 5.41) is 0. The molecule has 0 N–H and O–H groups in total. The van der Waals surface area contributed by atoms with E-state index < -0.39 is 0 Å². The predicted molar refractivity (Wildman–Crippen MR) is 110 cm³/mol. The van der Waals surface area contributed by atoms with Crippen LogP contribution < -0.4 is 9.47 Å². The van der Waals surface area contributed by atoms with Crippen molar-refractivity contribution in [2.75, 3.05) is 26.2 Å². The molecule has 29 heavy (non-hydrogen) atoms. The molecule has 4 aliphatic rings. The second-order valence-electron chi connectivity index (χ2n) is 8.20. The fourth-order valence-electron chi connectivity index (χ4n) is 4.94. The van der Waals surface area contributed by atoms with Gasteiger partial charge in [0, 0.05) is 24.2 Å². The molecule has 1 aromatic rings. The number of halogens is 1. The molecule has 2 unspecified atom stereocenters. The van der Waals surface area contributed by atoms with Crippen molar-refractivity contribution >= 4 is 24.2 Å².